The van der Waals surface area contributed by atoms with Crippen LogP contribution in [0.1, 0.15) is 70.6 Å². The molecular formula is C17H28O2. The summed E-state index contributed by atoms with van der Waals surface area (Å²) in [4.78, 5) is 0. The van der Waals surface area contributed by atoms with E-state index < -0.39 is 0 Å². The van der Waals surface area contributed by atoms with Gasteiger partial charge in [-0.2, -0.15) is 0 Å². The van der Waals surface area contributed by atoms with Gasteiger partial charge in [-0.25, -0.2) is 0 Å². The average molecular weight is 264 g/mol. The smallest absolute Gasteiger partial charge is 0.0891 e. The minimum atomic E-state index is 0.568. The Kier molecular flexibility index (Phi) is 3.35. The lowest BCUT2D eigenvalue weighted by Crippen LogP contribution is -2.42. The SMILES string of the molecule is C1CCC2(CC1)CCCCC2OCC1CCC2OC12. The first-order valence-corrected chi connectivity index (χ1v) is 8.64. The summed E-state index contributed by atoms with van der Waals surface area (Å²) in [5.74, 6) is 0.715. The van der Waals surface area contributed by atoms with Crippen LogP contribution in [-0.2, 0) is 9.47 Å². The van der Waals surface area contributed by atoms with Crippen LogP contribution in [0.3, 0.4) is 0 Å². The molecule has 0 aromatic carbocycles. The van der Waals surface area contributed by atoms with E-state index in [1.165, 1.54) is 70.6 Å². The first-order valence-electron chi connectivity index (χ1n) is 8.64. The summed E-state index contributed by atoms with van der Waals surface area (Å²) >= 11 is 0. The molecule has 1 saturated heterocycles. The van der Waals surface area contributed by atoms with Gasteiger partial charge in [0.25, 0.3) is 0 Å². The molecule has 3 saturated carbocycles. The minimum absolute atomic E-state index is 0.568. The van der Waals surface area contributed by atoms with E-state index >= 15 is 0 Å². The third-order valence-corrected chi connectivity index (χ3v) is 6.34. The van der Waals surface area contributed by atoms with Gasteiger partial charge >= 0.3 is 0 Å². The van der Waals surface area contributed by atoms with Gasteiger partial charge in [0.15, 0.2) is 0 Å². The zero-order chi connectivity index (χ0) is 12.7. The Hall–Kier alpha value is -0.0800. The lowest BCUT2D eigenvalue weighted by atomic mass is 9.63. The van der Waals surface area contributed by atoms with Crippen molar-refractivity contribution in [1.29, 1.82) is 0 Å². The van der Waals surface area contributed by atoms with Gasteiger partial charge in [-0.05, 0) is 43.9 Å². The second-order valence-electron chi connectivity index (χ2n) is 7.47. The maximum Gasteiger partial charge on any atom is 0.0891 e. The molecule has 0 aromatic heterocycles. The highest BCUT2D eigenvalue weighted by atomic mass is 16.6. The van der Waals surface area contributed by atoms with Gasteiger partial charge < -0.3 is 9.47 Å². The normalized spacial score (nSPS) is 44.2. The van der Waals surface area contributed by atoms with Crippen LogP contribution in [0.5, 0.6) is 0 Å². The zero-order valence-corrected chi connectivity index (χ0v) is 12.1. The molecule has 19 heavy (non-hydrogen) atoms. The first kappa shape index (κ1) is 12.6. The Bertz CT molecular complexity index is 313. The Morgan fingerprint density at radius 3 is 2.37 bits per heavy atom. The zero-order valence-electron chi connectivity index (χ0n) is 12.1. The third kappa shape index (κ3) is 2.35. The van der Waals surface area contributed by atoms with Crippen LogP contribution in [-0.4, -0.2) is 24.9 Å². The summed E-state index contributed by atoms with van der Waals surface area (Å²) in [5, 5.41) is 0. The second kappa shape index (κ2) is 5.04. The molecule has 0 radical (unpaired) electrons. The highest BCUT2D eigenvalue weighted by Gasteiger charge is 2.51. The van der Waals surface area contributed by atoms with Crippen LogP contribution < -0.4 is 0 Å². The fourth-order valence-electron chi connectivity index (χ4n) is 5.13. The quantitative estimate of drug-likeness (QED) is 0.717. The van der Waals surface area contributed by atoms with E-state index in [1.807, 2.05) is 0 Å². The molecule has 0 N–H and O–H groups in total. The van der Waals surface area contributed by atoms with Crippen molar-refractivity contribution in [3.8, 4) is 0 Å². The predicted molar refractivity (Wildman–Crippen MR) is 75.1 cm³/mol. The van der Waals surface area contributed by atoms with E-state index in [-0.39, 0.29) is 0 Å². The summed E-state index contributed by atoms with van der Waals surface area (Å²) in [6.45, 7) is 0.980. The molecule has 1 aliphatic heterocycles. The van der Waals surface area contributed by atoms with Crippen molar-refractivity contribution in [3.05, 3.63) is 0 Å². The summed E-state index contributed by atoms with van der Waals surface area (Å²) < 4.78 is 12.1. The second-order valence-corrected chi connectivity index (χ2v) is 7.47. The molecule has 0 amide bonds. The van der Waals surface area contributed by atoms with Gasteiger partial charge in [-0.3, -0.25) is 0 Å². The van der Waals surface area contributed by atoms with E-state index in [9.17, 15) is 0 Å². The largest absolute Gasteiger partial charge is 0.377 e. The van der Waals surface area contributed by atoms with Gasteiger partial charge in [0.2, 0.25) is 0 Å². The maximum atomic E-state index is 6.48. The minimum Gasteiger partial charge on any atom is -0.377 e. The van der Waals surface area contributed by atoms with Crippen molar-refractivity contribution in [2.24, 2.45) is 11.3 Å². The number of ether oxygens (including phenoxy) is 2. The van der Waals surface area contributed by atoms with E-state index in [0.29, 0.717) is 29.6 Å². The number of hydrogen-bond donors (Lipinski definition) is 0. The topological polar surface area (TPSA) is 21.8 Å². The Balaban J connectivity index is 1.37. The molecule has 4 atom stereocenters. The van der Waals surface area contributed by atoms with E-state index in [1.54, 1.807) is 0 Å². The van der Waals surface area contributed by atoms with Crippen molar-refractivity contribution in [2.45, 2.75) is 88.9 Å². The highest BCUT2D eigenvalue weighted by molar-refractivity contribution is 4.98. The lowest BCUT2D eigenvalue weighted by Gasteiger charge is -2.46. The average Bonchev–Trinajstić information content (AvgIpc) is 3.13. The number of epoxide rings is 1. The summed E-state index contributed by atoms with van der Waals surface area (Å²) in [6.07, 6.45) is 17.2. The van der Waals surface area contributed by atoms with Crippen LogP contribution >= 0.6 is 0 Å². The molecule has 108 valence electrons. The van der Waals surface area contributed by atoms with Crippen LogP contribution in [0, 0.1) is 11.3 Å². The van der Waals surface area contributed by atoms with Gasteiger partial charge in [0, 0.05) is 5.92 Å². The van der Waals surface area contributed by atoms with Gasteiger partial charge in [0.05, 0.1) is 24.9 Å². The molecule has 4 rings (SSSR count). The fourth-order valence-corrected chi connectivity index (χ4v) is 5.13. The molecular weight excluding hydrogens is 236 g/mol. The third-order valence-electron chi connectivity index (χ3n) is 6.34. The van der Waals surface area contributed by atoms with Crippen LogP contribution in [0.2, 0.25) is 0 Å². The predicted octanol–water partition coefficient (Wildman–Crippen LogP) is 4.07. The monoisotopic (exact) mass is 264 g/mol. The number of fused-ring (bicyclic) bond motifs is 1. The summed E-state index contributed by atoms with van der Waals surface area (Å²) in [7, 11) is 0. The van der Waals surface area contributed by atoms with Crippen molar-refractivity contribution >= 4 is 0 Å². The molecule has 0 bridgehead atoms. The van der Waals surface area contributed by atoms with Crippen molar-refractivity contribution in [1.82, 2.24) is 0 Å². The maximum absolute atomic E-state index is 6.48. The molecule has 3 aliphatic carbocycles. The molecule has 0 aromatic rings. The molecule has 4 aliphatic rings. The van der Waals surface area contributed by atoms with Crippen molar-refractivity contribution < 1.29 is 9.47 Å². The molecule has 4 fully saturated rings. The van der Waals surface area contributed by atoms with E-state index in [0.717, 1.165) is 6.61 Å². The number of hydrogen-bond acceptors (Lipinski definition) is 2. The lowest BCUT2D eigenvalue weighted by molar-refractivity contribution is -0.0959. The Morgan fingerprint density at radius 2 is 1.68 bits per heavy atom. The van der Waals surface area contributed by atoms with Gasteiger partial charge in [-0.1, -0.05) is 32.1 Å². The van der Waals surface area contributed by atoms with Crippen LogP contribution in [0.25, 0.3) is 0 Å². The van der Waals surface area contributed by atoms with E-state index in [4.69, 9.17) is 9.47 Å². The molecule has 2 nitrogen and oxygen atoms in total. The number of rotatable bonds is 3. The fraction of sp³-hybridized carbons (Fsp3) is 1.00. The molecule has 1 heterocycles. The van der Waals surface area contributed by atoms with E-state index in [2.05, 4.69) is 0 Å². The van der Waals surface area contributed by atoms with Crippen molar-refractivity contribution in [3.63, 3.8) is 0 Å². The van der Waals surface area contributed by atoms with Crippen LogP contribution in [0.15, 0.2) is 0 Å². The highest BCUT2D eigenvalue weighted by Crippen LogP contribution is 2.50. The Morgan fingerprint density at radius 1 is 0.895 bits per heavy atom. The van der Waals surface area contributed by atoms with Gasteiger partial charge in [-0.15, -0.1) is 0 Å². The Labute approximate surface area is 117 Å². The van der Waals surface area contributed by atoms with Crippen LogP contribution in [0.4, 0.5) is 0 Å². The molecule has 4 unspecified atom stereocenters. The summed E-state index contributed by atoms with van der Waals surface area (Å²) in [6, 6.07) is 0. The summed E-state index contributed by atoms with van der Waals surface area (Å²) in [5.41, 5.74) is 0.568. The van der Waals surface area contributed by atoms with Crippen molar-refractivity contribution in [2.75, 3.05) is 6.61 Å². The molecule has 2 heteroatoms. The molecule has 1 spiro atoms. The first-order chi connectivity index (χ1) is 9.37. The van der Waals surface area contributed by atoms with Gasteiger partial charge in [0.1, 0.15) is 0 Å². The standard InChI is InChI=1S/C17H28O2/c1-3-9-17(10-4-1)11-5-2-6-15(17)18-12-13-7-8-14-16(13)19-14/h13-16H,1-12H2.